The molecule has 0 aromatic carbocycles. The third kappa shape index (κ3) is 2.27. The standard InChI is InChI=1S/C24H32O4/c1-2-23-11-9-17-16-6-4-15(25)13-14(16)3-5-18(17)22(23)19-7-8-20(19)24(23,28)12-10-21(26)27/h10,12-13,16-20,22,28H,2-9,11H2,1H3,(H,26,27)/b12-10-/t16-,17+,18+,19-,20+,22+,23-,24-/m0/s1. The molecule has 4 fully saturated rings. The third-order valence-corrected chi connectivity index (χ3v) is 9.64. The van der Waals surface area contributed by atoms with E-state index in [1.165, 1.54) is 18.1 Å². The van der Waals surface area contributed by atoms with Crippen LogP contribution in [0, 0.1) is 40.9 Å². The van der Waals surface area contributed by atoms with Gasteiger partial charge in [0.2, 0.25) is 0 Å². The molecule has 0 bridgehead atoms. The van der Waals surface area contributed by atoms with E-state index >= 15 is 0 Å². The van der Waals surface area contributed by atoms with Crippen LogP contribution in [-0.4, -0.2) is 27.6 Å². The first-order valence-electron chi connectivity index (χ1n) is 11.3. The Morgan fingerprint density at radius 1 is 1.14 bits per heavy atom. The van der Waals surface area contributed by atoms with Gasteiger partial charge >= 0.3 is 5.97 Å². The van der Waals surface area contributed by atoms with E-state index in [0.29, 0.717) is 41.8 Å². The zero-order valence-electron chi connectivity index (χ0n) is 16.8. The summed E-state index contributed by atoms with van der Waals surface area (Å²) in [7, 11) is 0. The summed E-state index contributed by atoms with van der Waals surface area (Å²) in [5.41, 5.74) is 0.236. The van der Waals surface area contributed by atoms with Crippen LogP contribution < -0.4 is 0 Å². The number of carboxylic acids is 1. The predicted octanol–water partition coefficient (Wildman–Crippen LogP) is 4.14. The van der Waals surface area contributed by atoms with E-state index in [4.69, 9.17) is 0 Å². The highest BCUT2D eigenvalue weighted by Crippen LogP contribution is 2.74. The van der Waals surface area contributed by atoms with Gasteiger partial charge in [-0.2, -0.15) is 0 Å². The quantitative estimate of drug-likeness (QED) is 0.717. The predicted molar refractivity (Wildman–Crippen MR) is 105 cm³/mol. The Kier molecular flexibility index (Phi) is 4.18. The van der Waals surface area contributed by atoms with Crippen LogP contribution in [0.25, 0.3) is 0 Å². The lowest BCUT2D eigenvalue weighted by Crippen LogP contribution is -2.54. The van der Waals surface area contributed by atoms with Crippen LogP contribution in [-0.2, 0) is 9.59 Å². The summed E-state index contributed by atoms with van der Waals surface area (Å²) in [6.07, 6.45) is 13.9. The highest BCUT2D eigenvalue weighted by atomic mass is 16.4. The number of carboxylic acid groups (broad SMARTS) is 1. The van der Waals surface area contributed by atoms with E-state index < -0.39 is 11.6 Å². The van der Waals surface area contributed by atoms with Crippen molar-refractivity contribution in [1.29, 1.82) is 0 Å². The summed E-state index contributed by atoms with van der Waals surface area (Å²) in [6.45, 7) is 2.20. The Balaban J connectivity index is 1.53. The lowest BCUT2D eigenvalue weighted by atomic mass is 9.48. The second-order valence-corrected chi connectivity index (χ2v) is 10.1. The van der Waals surface area contributed by atoms with Crippen molar-refractivity contribution in [2.75, 3.05) is 0 Å². The highest BCUT2D eigenvalue weighted by Gasteiger charge is 2.72. The Hall–Kier alpha value is -1.42. The van der Waals surface area contributed by atoms with Gasteiger partial charge in [-0.25, -0.2) is 4.79 Å². The summed E-state index contributed by atoms with van der Waals surface area (Å²) in [5, 5.41) is 21.1. The summed E-state index contributed by atoms with van der Waals surface area (Å²) in [5.74, 6) is 2.41. The Labute approximate surface area is 167 Å². The van der Waals surface area contributed by atoms with Gasteiger partial charge in [0.15, 0.2) is 5.78 Å². The van der Waals surface area contributed by atoms with Crippen molar-refractivity contribution in [3.05, 3.63) is 23.8 Å². The molecule has 28 heavy (non-hydrogen) atoms. The molecule has 5 aliphatic carbocycles. The van der Waals surface area contributed by atoms with Gasteiger partial charge in [0.05, 0.1) is 5.60 Å². The molecule has 8 atom stereocenters. The molecule has 4 saturated carbocycles. The fourth-order valence-electron chi connectivity index (χ4n) is 8.57. The first-order valence-corrected chi connectivity index (χ1v) is 11.3. The molecule has 0 aromatic heterocycles. The average Bonchev–Trinajstić information content (AvgIpc) is 2.79. The average molecular weight is 385 g/mol. The molecular formula is C24H32O4. The van der Waals surface area contributed by atoms with Gasteiger partial charge in [0.1, 0.15) is 0 Å². The van der Waals surface area contributed by atoms with E-state index in [1.54, 1.807) is 6.08 Å². The molecule has 4 heteroatoms. The molecule has 0 radical (unpaired) electrons. The van der Waals surface area contributed by atoms with Gasteiger partial charge in [-0.05, 0) is 99.0 Å². The number of allylic oxidation sites excluding steroid dienone is 1. The maximum absolute atomic E-state index is 11.9. The van der Waals surface area contributed by atoms with Crippen LogP contribution in [0.15, 0.2) is 23.8 Å². The van der Waals surface area contributed by atoms with Crippen molar-refractivity contribution in [2.45, 2.75) is 70.3 Å². The van der Waals surface area contributed by atoms with Crippen molar-refractivity contribution in [3.8, 4) is 0 Å². The largest absolute Gasteiger partial charge is 0.478 e. The fraction of sp³-hybridized carbons (Fsp3) is 0.750. The third-order valence-electron chi connectivity index (χ3n) is 9.64. The number of aliphatic hydroxyl groups is 1. The molecule has 4 nitrogen and oxygen atoms in total. The maximum atomic E-state index is 11.9. The molecule has 5 rings (SSSR count). The van der Waals surface area contributed by atoms with Crippen molar-refractivity contribution in [3.63, 3.8) is 0 Å². The number of hydrogen-bond acceptors (Lipinski definition) is 3. The second kappa shape index (κ2) is 6.29. The molecule has 0 saturated heterocycles. The number of rotatable bonds is 3. The van der Waals surface area contributed by atoms with Crippen molar-refractivity contribution in [1.82, 2.24) is 0 Å². The van der Waals surface area contributed by atoms with Crippen LogP contribution in [0.4, 0.5) is 0 Å². The Morgan fingerprint density at radius 2 is 1.96 bits per heavy atom. The van der Waals surface area contributed by atoms with Gasteiger partial charge in [-0.3, -0.25) is 4.79 Å². The molecule has 152 valence electrons. The van der Waals surface area contributed by atoms with Crippen LogP contribution in [0.5, 0.6) is 0 Å². The summed E-state index contributed by atoms with van der Waals surface area (Å²) >= 11 is 0. The van der Waals surface area contributed by atoms with Crippen molar-refractivity contribution >= 4 is 11.8 Å². The number of carbonyl (C=O) groups excluding carboxylic acids is 1. The molecule has 0 unspecified atom stereocenters. The fourth-order valence-corrected chi connectivity index (χ4v) is 8.57. The minimum absolute atomic E-state index is 0.183. The van der Waals surface area contributed by atoms with E-state index in [1.807, 2.05) is 6.08 Å². The summed E-state index contributed by atoms with van der Waals surface area (Å²) < 4.78 is 0. The lowest BCUT2D eigenvalue weighted by molar-refractivity contribution is -0.132. The van der Waals surface area contributed by atoms with Crippen molar-refractivity contribution < 1.29 is 19.8 Å². The number of carbonyl (C=O) groups is 2. The van der Waals surface area contributed by atoms with Gasteiger partial charge in [-0.15, -0.1) is 0 Å². The Morgan fingerprint density at radius 3 is 2.64 bits per heavy atom. The van der Waals surface area contributed by atoms with Gasteiger partial charge in [-0.1, -0.05) is 12.5 Å². The number of aliphatic carboxylic acids is 1. The molecule has 0 amide bonds. The molecule has 0 aromatic rings. The van der Waals surface area contributed by atoms with E-state index in [0.717, 1.165) is 44.9 Å². The summed E-state index contributed by atoms with van der Waals surface area (Å²) in [6, 6.07) is 0. The topological polar surface area (TPSA) is 74.6 Å². The molecule has 0 aliphatic heterocycles. The molecule has 2 N–H and O–H groups in total. The van der Waals surface area contributed by atoms with Crippen LogP contribution in [0.3, 0.4) is 0 Å². The number of ketones is 1. The smallest absolute Gasteiger partial charge is 0.328 e. The maximum Gasteiger partial charge on any atom is 0.328 e. The minimum Gasteiger partial charge on any atom is -0.478 e. The monoisotopic (exact) mass is 384 g/mol. The van der Waals surface area contributed by atoms with E-state index in [9.17, 15) is 19.8 Å². The van der Waals surface area contributed by atoms with Gasteiger partial charge in [0.25, 0.3) is 0 Å². The first kappa shape index (κ1) is 18.6. The van der Waals surface area contributed by atoms with Crippen LogP contribution >= 0.6 is 0 Å². The highest BCUT2D eigenvalue weighted by molar-refractivity contribution is 5.91. The molecule has 5 aliphatic rings. The van der Waals surface area contributed by atoms with Crippen molar-refractivity contribution in [2.24, 2.45) is 40.9 Å². The van der Waals surface area contributed by atoms with E-state index in [2.05, 4.69) is 6.92 Å². The number of fused-ring (bicyclic) bond motifs is 7. The SMILES string of the molecule is CC[C@]12CC[C@H]3[C@@H](CCC4=CC(=O)CC[C@@H]43)[C@@H]1[C@H]1CC[C@H]1[C@@]2(O)/C=C\C(=O)O. The zero-order valence-corrected chi connectivity index (χ0v) is 16.8. The number of hydrogen-bond donors (Lipinski definition) is 2. The van der Waals surface area contributed by atoms with Crippen LogP contribution in [0.1, 0.15) is 64.7 Å². The van der Waals surface area contributed by atoms with Gasteiger partial charge in [0, 0.05) is 17.9 Å². The lowest BCUT2D eigenvalue weighted by Gasteiger charge is -2.57. The summed E-state index contributed by atoms with van der Waals surface area (Å²) in [4.78, 5) is 23.1. The molecule has 0 spiro atoms. The first-order chi connectivity index (χ1) is 13.4. The normalized spacial score (nSPS) is 49.5. The molecule has 0 heterocycles. The minimum atomic E-state index is -0.975. The molecular weight excluding hydrogens is 352 g/mol. The van der Waals surface area contributed by atoms with E-state index in [-0.39, 0.29) is 11.3 Å². The Bertz CT molecular complexity index is 767. The zero-order chi connectivity index (χ0) is 19.7. The van der Waals surface area contributed by atoms with Gasteiger partial charge < -0.3 is 10.2 Å². The second-order valence-electron chi connectivity index (χ2n) is 10.1. The van der Waals surface area contributed by atoms with Crippen LogP contribution in [0.2, 0.25) is 0 Å².